The molecule has 5 heteroatoms. The molecule has 2 N–H and O–H groups in total. The fourth-order valence-electron chi connectivity index (χ4n) is 1.72. The molecule has 0 saturated carbocycles. The van der Waals surface area contributed by atoms with Crippen LogP contribution in [-0.2, 0) is 16.6 Å². The molecule has 4 nitrogen and oxygen atoms in total. The van der Waals surface area contributed by atoms with E-state index < -0.39 is 10.0 Å². The summed E-state index contributed by atoms with van der Waals surface area (Å²) in [5.41, 5.74) is 2.11. The molecule has 0 aromatic heterocycles. The van der Waals surface area contributed by atoms with Crippen molar-refractivity contribution in [1.82, 2.24) is 4.72 Å². The van der Waals surface area contributed by atoms with E-state index in [2.05, 4.69) is 4.72 Å². The van der Waals surface area contributed by atoms with E-state index in [9.17, 15) is 13.5 Å². The molecule has 108 valence electrons. The molecule has 0 radical (unpaired) electrons. The number of aliphatic hydroxyl groups is 1. The first-order chi connectivity index (χ1) is 8.57. The summed E-state index contributed by atoms with van der Waals surface area (Å²) in [6, 6.07) is 3.34. The zero-order chi connectivity index (χ0) is 14.8. The van der Waals surface area contributed by atoms with Gasteiger partial charge in [0.05, 0.1) is 11.5 Å². The van der Waals surface area contributed by atoms with Crippen molar-refractivity contribution in [2.24, 2.45) is 5.41 Å². The third-order valence-electron chi connectivity index (χ3n) is 2.89. The minimum Gasteiger partial charge on any atom is -0.392 e. The molecular formula is C14H23NO3S. The molecule has 1 aromatic carbocycles. The van der Waals surface area contributed by atoms with Gasteiger partial charge in [0.1, 0.15) is 0 Å². The number of benzene rings is 1. The molecule has 1 aromatic rings. The summed E-state index contributed by atoms with van der Waals surface area (Å²) in [5.74, 6) is 0. The number of aryl methyl sites for hydroxylation is 2. The molecule has 19 heavy (non-hydrogen) atoms. The predicted molar refractivity (Wildman–Crippen MR) is 76.5 cm³/mol. The molecule has 0 heterocycles. The zero-order valence-electron chi connectivity index (χ0n) is 12.2. The van der Waals surface area contributed by atoms with Crippen LogP contribution >= 0.6 is 0 Å². The number of sulfonamides is 1. The minimum absolute atomic E-state index is 0.120. The molecule has 0 aliphatic rings. The lowest BCUT2D eigenvalue weighted by Crippen LogP contribution is -2.32. The second kappa shape index (κ2) is 5.61. The van der Waals surface area contributed by atoms with Crippen LogP contribution in [0.4, 0.5) is 0 Å². The first kappa shape index (κ1) is 16.1. The Kier molecular flexibility index (Phi) is 4.76. The summed E-state index contributed by atoms with van der Waals surface area (Å²) in [5, 5.41) is 9.24. The number of nitrogens with one attached hydrogen (secondary N) is 1. The van der Waals surface area contributed by atoms with E-state index in [1.807, 2.05) is 27.7 Å². The van der Waals surface area contributed by atoms with Gasteiger partial charge in [-0.3, -0.25) is 0 Å². The molecule has 1 rings (SSSR count). The van der Waals surface area contributed by atoms with Crippen LogP contribution in [0.15, 0.2) is 17.0 Å². The smallest absolute Gasteiger partial charge is 0.240 e. The Morgan fingerprint density at radius 1 is 1.16 bits per heavy atom. The lowest BCUT2D eigenvalue weighted by atomic mass is 9.98. The van der Waals surface area contributed by atoms with Gasteiger partial charge in [0.25, 0.3) is 0 Å². The predicted octanol–water partition coefficient (Wildman–Crippen LogP) is 2.12. The third kappa shape index (κ3) is 4.30. The van der Waals surface area contributed by atoms with Gasteiger partial charge in [-0.25, -0.2) is 13.1 Å². The number of rotatable bonds is 4. The van der Waals surface area contributed by atoms with Crippen LogP contribution in [-0.4, -0.2) is 20.1 Å². The highest BCUT2D eigenvalue weighted by Gasteiger charge is 2.21. The fraction of sp³-hybridized carbons (Fsp3) is 0.571. The average Bonchev–Trinajstić information content (AvgIpc) is 2.25. The Bertz CT molecular complexity index is 557. The van der Waals surface area contributed by atoms with Crippen LogP contribution < -0.4 is 4.72 Å². The van der Waals surface area contributed by atoms with Crippen molar-refractivity contribution in [2.45, 2.75) is 46.1 Å². The van der Waals surface area contributed by atoms with Crippen molar-refractivity contribution in [3.05, 3.63) is 28.8 Å². The molecule has 0 aliphatic heterocycles. The summed E-state index contributed by atoms with van der Waals surface area (Å²) < 4.78 is 27.2. The van der Waals surface area contributed by atoms with Crippen molar-refractivity contribution in [3.63, 3.8) is 0 Å². The Hall–Kier alpha value is -0.910. The Labute approximate surface area is 115 Å². The van der Waals surface area contributed by atoms with E-state index in [0.29, 0.717) is 17.7 Å². The van der Waals surface area contributed by atoms with Crippen molar-refractivity contribution < 1.29 is 13.5 Å². The van der Waals surface area contributed by atoms with Gasteiger partial charge >= 0.3 is 0 Å². The van der Waals surface area contributed by atoms with E-state index in [-0.39, 0.29) is 16.9 Å². The highest BCUT2D eigenvalue weighted by atomic mass is 32.2. The minimum atomic E-state index is -3.53. The van der Waals surface area contributed by atoms with E-state index in [0.717, 1.165) is 5.56 Å². The van der Waals surface area contributed by atoms with Gasteiger partial charge in [-0.05, 0) is 42.0 Å². The summed E-state index contributed by atoms with van der Waals surface area (Å²) in [6.07, 6.45) is 0. The molecule has 0 amide bonds. The summed E-state index contributed by atoms with van der Waals surface area (Å²) in [7, 11) is -3.53. The van der Waals surface area contributed by atoms with Crippen LogP contribution in [0.1, 0.15) is 37.5 Å². The van der Waals surface area contributed by atoms with E-state index >= 15 is 0 Å². The monoisotopic (exact) mass is 285 g/mol. The summed E-state index contributed by atoms with van der Waals surface area (Å²) in [6.45, 7) is 9.74. The van der Waals surface area contributed by atoms with Crippen LogP contribution in [0, 0.1) is 19.3 Å². The molecule has 0 aliphatic carbocycles. The average molecular weight is 285 g/mol. The van der Waals surface area contributed by atoms with Gasteiger partial charge in [-0.1, -0.05) is 26.8 Å². The van der Waals surface area contributed by atoms with Gasteiger partial charge in [-0.15, -0.1) is 0 Å². The highest BCUT2D eigenvalue weighted by molar-refractivity contribution is 7.89. The van der Waals surface area contributed by atoms with Crippen molar-refractivity contribution >= 4 is 10.0 Å². The van der Waals surface area contributed by atoms with E-state index in [1.165, 1.54) is 0 Å². The lowest BCUT2D eigenvalue weighted by Gasteiger charge is -2.20. The zero-order valence-corrected chi connectivity index (χ0v) is 13.1. The standard InChI is InChI=1S/C14H23NO3S/c1-10-6-11(2)13(7-12(10)8-16)19(17,18)15-9-14(3,4)5/h6-7,15-16H,8-9H2,1-5H3. The summed E-state index contributed by atoms with van der Waals surface area (Å²) >= 11 is 0. The third-order valence-corrected chi connectivity index (χ3v) is 4.43. The van der Waals surface area contributed by atoms with E-state index in [1.54, 1.807) is 19.1 Å². The molecule has 0 bridgehead atoms. The molecule has 0 spiro atoms. The normalized spacial score (nSPS) is 12.7. The molecule has 0 atom stereocenters. The lowest BCUT2D eigenvalue weighted by molar-refractivity contribution is 0.280. The van der Waals surface area contributed by atoms with Gasteiger partial charge in [0.15, 0.2) is 0 Å². The second-order valence-corrected chi connectivity index (χ2v) is 7.82. The Morgan fingerprint density at radius 2 is 1.74 bits per heavy atom. The van der Waals surface area contributed by atoms with Crippen LogP contribution in [0.5, 0.6) is 0 Å². The van der Waals surface area contributed by atoms with Crippen LogP contribution in [0.3, 0.4) is 0 Å². The topological polar surface area (TPSA) is 66.4 Å². The maximum Gasteiger partial charge on any atom is 0.240 e. The van der Waals surface area contributed by atoms with Crippen molar-refractivity contribution in [3.8, 4) is 0 Å². The second-order valence-electron chi connectivity index (χ2n) is 6.09. The highest BCUT2D eigenvalue weighted by Crippen LogP contribution is 2.21. The molecule has 0 unspecified atom stereocenters. The van der Waals surface area contributed by atoms with Crippen LogP contribution in [0.2, 0.25) is 0 Å². The maximum atomic E-state index is 12.3. The van der Waals surface area contributed by atoms with Gasteiger partial charge in [0.2, 0.25) is 10.0 Å². The summed E-state index contributed by atoms with van der Waals surface area (Å²) in [4.78, 5) is 0.242. The quantitative estimate of drug-likeness (QED) is 0.890. The number of aliphatic hydroxyl groups excluding tert-OH is 1. The Balaban J connectivity index is 3.14. The van der Waals surface area contributed by atoms with Crippen LogP contribution in [0.25, 0.3) is 0 Å². The Morgan fingerprint density at radius 3 is 2.21 bits per heavy atom. The number of hydrogen-bond donors (Lipinski definition) is 2. The van der Waals surface area contributed by atoms with E-state index in [4.69, 9.17) is 0 Å². The van der Waals surface area contributed by atoms with Crippen molar-refractivity contribution in [1.29, 1.82) is 0 Å². The van der Waals surface area contributed by atoms with Gasteiger partial charge < -0.3 is 5.11 Å². The number of hydrogen-bond acceptors (Lipinski definition) is 3. The first-order valence-corrected chi connectivity index (χ1v) is 7.76. The fourth-order valence-corrected chi connectivity index (χ4v) is 3.28. The van der Waals surface area contributed by atoms with Gasteiger partial charge in [0, 0.05) is 6.54 Å². The molecular weight excluding hydrogens is 262 g/mol. The van der Waals surface area contributed by atoms with Crippen molar-refractivity contribution in [2.75, 3.05) is 6.54 Å². The molecule has 0 saturated heterocycles. The maximum absolute atomic E-state index is 12.3. The first-order valence-electron chi connectivity index (χ1n) is 6.27. The molecule has 0 fully saturated rings. The SMILES string of the molecule is Cc1cc(C)c(S(=O)(=O)NCC(C)(C)C)cc1CO. The largest absolute Gasteiger partial charge is 0.392 e. The van der Waals surface area contributed by atoms with Gasteiger partial charge in [-0.2, -0.15) is 0 Å².